The van der Waals surface area contributed by atoms with Crippen LogP contribution in [0.5, 0.6) is 5.88 Å². The predicted octanol–water partition coefficient (Wildman–Crippen LogP) is 1.58. The third kappa shape index (κ3) is 2.69. The Bertz CT molecular complexity index is 807. The van der Waals surface area contributed by atoms with Crippen molar-refractivity contribution in [1.82, 2.24) is 18.8 Å². The first-order chi connectivity index (χ1) is 11.5. The number of pyridine rings is 1. The molecule has 0 N–H and O–H groups in total. The van der Waals surface area contributed by atoms with E-state index >= 15 is 0 Å². The van der Waals surface area contributed by atoms with Crippen molar-refractivity contribution in [3.63, 3.8) is 0 Å². The molecule has 2 bridgehead atoms. The van der Waals surface area contributed by atoms with Gasteiger partial charge in [-0.2, -0.15) is 4.31 Å². The molecule has 4 rings (SSSR count). The van der Waals surface area contributed by atoms with Gasteiger partial charge >= 0.3 is 0 Å². The van der Waals surface area contributed by atoms with Gasteiger partial charge in [-0.15, -0.1) is 0 Å². The summed E-state index contributed by atoms with van der Waals surface area (Å²) in [6.45, 7) is 0. The van der Waals surface area contributed by atoms with Crippen LogP contribution >= 0.6 is 0 Å². The number of aromatic nitrogens is 3. The molecule has 7 nitrogen and oxygen atoms in total. The highest BCUT2D eigenvalue weighted by Crippen LogP contribution is 2.40. The molecule has 0 aromatic carbocycles. The minimum absolute atomic E-state index is 0.00702. The van der Waals surface area contributed by atoms with Gasteiger partial charge in [0.15, 0.2) is 5.03 Å². The van der Waals surface area contributed by atoms with Gasteiger partial charge in [-0.1, -0.05) is 6.07 Å². The van der Waals surface area contributed by atoms with E-state index in [1.165, 1.54) is 6.33 Å². The van der Waals surface area contributed by atoms with E-state index in [0.717, 1.165) is 12.8 Å². The molecule has 8 heteroatoms. The van der Waals surface area contributed by atoms with Crippen molar-refractivity contribution in [3.05, 3.63) is 36.9 Å². The monoisotopic (exact) mass is 348 g/mol. The third-order valence-corrected chi connectivity index (χ3v) is 6.66. The van der Waals surface area contributed by atoms with Crippen LogP contribution < -0.4 is 4.74 Å². The second-order valence-electron chi connectivity index (χ2n) is 6.48. The quantitative estimate of drug-likeness (QED) is 0.838. The zero-order chi connectivity index (χ0) is 16.7. The van der Waals surface area contributed by atoms with Crippen LogP contribution in [0.25, 0.3) is 0 Å². The number of fused-ring (bicyclic) bond motifs is 2. The summed E-state index contributed by atoms with van der Waals surface area (Å²) >= 11 is 0. The van der Waals surface area contributed by atoms with Gasteiger partial charge in [0.05, 0.1) is 6.33 Å². The highest BCUT2D eigenvalue weighted by atomic mass is 32.2. The SMILES string of the molecule is Cn1cnc(S(=O)(=O)N2C3CCC2CC(Oc2ccccn2)C3)c1. The van der Waals surface area contributed by atoms with E-state index in [9.17, 15) is 8.42 Å². The maximum atomic E-state index is 12.9. The fourth-order valence-corrected chi connectivity index (χ4v) is 5.65. The highest BCUT2D eigenvalue weighted by molar-refractivity contribution is 7.89. The maximum absolute atomic E-state index is 12.9. The van der Waals surface area contributed by atoms with Crippen molar-refractivity contribution in [2.24, 2.45) is 7.05 Å². The first-order valence-corrected chi connectivity index (χ1v) is 9.57. The molecular formula is C16H20N4O3S. The van der Waals surface area contributed by atoms with Crippen molar-refractivity contribution in [2.45, 2.75) is 48.9 Å². The number of aryl methyl sites for hydroxylation is 1. The Balaban J connectivity index is 1.53. The normalized spacial score (nSPS) is 27.3. The average molecular weight is 348 g/mol. The molecule has 2 saturated heterocycles. The topological polar surface area (TPSA) is 77.3 Å². The summed E-state index contributed by atoms with van der Waals surface area (Å²) < 4.78 is 35.1. The number of piperidine rings is 1. The van der Waals surface area contributed by atoms with Gasteiger partial charge < -0.3 is 9.30 Å². The predicted molar refractivity (Wildman–Crippen MR) is 86.9 cm³/mol. The molecule has 0 saturated carbocycles. The zero-order valence-electron chi connectivity index (χ0n) is 13.4. The van der Waals surface area contributed by atoms with Crippen LogP contribution in [0.1, 0.15) is 25.7 Å². The van der Waals surface area contributed by atoms with Crippen molar-refractivity contribution < 1.29 is 13.2 Å². The van der Waals surface area contributed by atoms with Gasteiger partial charge in [0.1, 0.15) is 6.10 Å². The fraction of sp³-hybridized carbons (Fsp3) is 0.500. The van der Waals surface area contributed by atoms with Gasteiger partial charge in [-0.25, -0.2) is 18.4 Å². The van der Waals surface area contributed by atoms with E-state index in [0.29, 0.717) is 18.7 Å². The van der Waals surface area contributed by atoms with Gasteiger partial charge in [-0.05, 0) is 18.9 Å². The van der Waals surface area contributed by atoms with E-state index in [1.807, 2.05) is 18.2 Å². The lowest BCUT2D eigenvalue weighted by atomic mass is 10.0. The largest absolute Gasteiger partial charge is 0.474 e. The standard InChI is InChI=1S/C16H20N4O3S/c1-19-10-16(18-11-19)24(21,22)20-12-5-6-13(20)9-14(8-12)23-15-4-2-3-7-17-15/h2-4,7,10-14H,5-6,8-9H2,1H3. The fourth-order valence-electron chi connectivity index (χ4n) is 3.79. The summed E-state index contributed by atoms with van der Waals surface area (Å²) in [5.74, 6) is 0.600. The first kappa shape index (κ1) is 15.6. The number of rotatable bonds is 4. The second kappa shape index (κ2) is 5.86. The van der Waals surface area contributed by atoms with Gasteiger partial charge in [0, 0.05) is 50.4 Å². The lowest BCUT2D eigenvalue weighted by molar-refractivity contribution is 0.0917. The number of imidazole rings is 1. The van der Waals surface area contributed by atoms with Gasteiger partial charge in [-0.3, -0.25) is 0 Å². The lowest BCUT2D eigenvalue weighted by Gasteiger charge is -2.37. The lowest BCUT2D eigenvalue weighted by Crippen LogP contribution is -2.49. The van der Waals surface area contributed by atoms with Gasteiger partial charge in [0.25, 0.3) is 10.0 Å². The van der Waals surface area contributed by atoms with Crippen molar-refractivity contribution in [3.8, 4) is 5.88 Å². The molecule has 2 aliphatic rings. The minimum Gasteiger partial charge on any atom is -0.474 e. The Morgan fingerprint density at radius 1 is 1.17 bits per heavy atom. The molecule has 24 heavy (non-hydrogen) atoms. The maximum Gasteiger partial charge on any atom is 0.262 e. The zero-order valence-corrected chi connectivity index (χ0v) is 14.3. The summed E-state index contributed by atoms with van der Waals surface area (Å²) in [5.41, 5.74) is 0. The number of ether oxygens (including phenoxy) is 1. The Morgan fingerprint density at radius 2 is 1.92 bits per heavy atom. The average Bonchev–Trinajstić information content (AvgIpc) is 3.11. The van der Waals surface area contributed by atoms with Crippen LogP contribution in [0, 0.1) is 0 Å². The Hall–Kier alpha value is -1.93. The van der Waals surface area contributed by atoms with E-state index < -0.39 is 10.0 Å². The Kier molecular flexibility index (Phi) is 3.80. The van der Waals surface area contributed by atoms with E-state index in [4.69, 9.17) is 4.74 Å². The van der Waals surface area contributed by atoms with Crippen molar-refractivity contribution >= 4 is 10.0 Å². The highest BCUT2D eigenvalue weighted by Gasteiger charge is 2.48. The first-order valence-electron chi connectivity index (χ1n) is 8.13. The van der Waals surface area contributed by atoms with E-state index in [1.54, 1.807) is 28.3 Å². The van der Waals surface area contributed by atoms with Crippen LogP contribution in [-0.4, -0.2) is 45.4 Å². The molecule has 128 valence electrons. The molecule has 2 aliphatic heterocycles. The molecule has 2 aromatic heterocycles. The molecule has 2 atom stereocenters. The van der Waals surface area contributed by atoms with Crippen LogP contribution in [-0.2, 0) is 17.1 Å². The third-order valence-electron chi connectivity index (χ3n) is 4.77. The molecule has 2 fully saturated rings. The number of nitrogens with zero attached hydrogens (tertiary/aromatic N) is 4. The summed E-state index contributed by atoms with van der Waals surface area (Å²) in [4.78, 5) is 8.23. The number of sulfonamides is 1. The molecule has 0 spiro atoms. The molecule has 0 amide bonds. The van der Waals surface area contributed by atoms with Crippen LogP contribution in [0.4, 0.5) is 0 Å². The van der Waals surface area contributed by atoms with Crippen LogP contribution in [0.2, 0.25) is 0 Å². The van der Waals surface area contributed by atoms with Crippen LogP contribution in [0.3, 0.4) is 0 Å². The van der Waals surface area contributed by atoms with Crippen molar-refractivity contribution in [2.75, 3.05) is 0 Å². The molecule has 2 aromatic rings. The summed E-state index contributed by atoms with van der Waals surface area (Å²) in [5, 5.41) is 0.131. The molecule has 2 unspecified atom stereocenters. The number of hydrogen-bond acceptors (Lipinski definition) is 5. The van der Waals surface area contributed by atoms with E-state index in [2.05, 4.69) is 9.97 Å². The Morgan fingerprint density at radius 3 is 2.50 bits per heavy atom. The Labute approximate surface area is 141 Å². The molecular weight excluding hydrogens is 328 g/mol. The molecule has 0 aliphatic carbocycles. The van der Waals surface area contributed by atoms with E-state index in [-0.39, 0.29) is 23.2 Å². The van der Waals surface area contributed by atoms with Crippen molar-refractivity contribution in [1.29, 1.82) is 0 Å². The molecule has 4 heterocycles. The van der Waals surface area contributed by atoms with Gasteiger partial charge in [0.2, 0.25) is 5.88 Å². The summed E-state index contributed by atoms with van der Waals surface area (Å²) in [6, 6.07) is 5.52. The summed E-state index contributed by atoms with van der Waals surface area (Å²) in [6.07, 6.45) is 7.92. The molecule has 0 radical (unpaired) electrons. The minimum atomic E-state index is -3.54. The second-order valence-corrected chi connectivity index (χ2v) is 8.27. The van der Waals surface area contributed by atoms with Crippen LogP contribution in [0.15, 0.2) is 41.9 Å². The number of hydrogen-bond donors (Lipinski definition) is 0. The summed E-state index contributed by atoms with van der Waals surface area (Å²) in [7, 11) is -1.77. The smallest absolute Gasteiger partial charge is 0.262 e.